The summed E-state index contributed by atoms with van der Waals surface area (Å²) in [6, 6.07) is 9.12. The van der Waals surface area contributed by atoms with Gasteiger partial charge in [-0.05, 0) is 48.9 Å². The molecule has 1 heterocycles. The summed E-state index contributed by atoms with van der Waals surface area (Å²) in [5, 5.41) is 4.25. The Kier molecular flexibility index (Phi) is 10.3. The molecule has 1 aromatic heterocycles. The highest BCUT2D eigenvalue weighted by atomic mass is 32.2. The number of nitrogen functional groups attached to an aromatic ring is 1. The van der Waals surface area contributed by atoms with Gasteiger partial charge in [-0.2, -0.15) is 31.0 Å². The summed E-state index contributed by atoms with van der Waals surface area (Å²) < 4.78 is 83.0. The van der Waals surface area contributed by atoms with Crippen LogP contribution in [-0.4, -0.2) is 65.4 Å². The summed E-state index contributed by atoms with van der Waals surface area (Å²) in [5.74, 6) is 0.162. The van der Waals surface area contributed by atoms with Crippen LogP contribution in [0.5, 0.6) is 11.5 Å². The monoisotopic (exact) mass is 565 g/mol. The maximum Gasteiger partial charge on any atom is 0.422 e. The van der Waals surface area contributed by atoms with E-state index in [-0.39, 0.29) is 28.4 Å². The Balaban J connectivity index is 0.000000308. The molecule has 0 saturated carbocycles. The second kappa shape index (κ2) is 12.8. The van der Waals surface area contributed by atoms with Crippen LogP contribution >= 0.6 is 11.8 Å². The lowest BCUT2D eigenvalue weighted by Crippen LogP contribution is -2.27. The first-order valence-corrected chi connectivity index (χ1v) is 11.5. The molecule has 0 fully saturated rings. The molecule has 15 heteroatoms. The highest BCUT2D eigenvalue weighted by Gasteiger charge is 2.29. The zero-order chi connectivity index (χ0) is 28.7. The number of nitrogens with two attached hydrogens (primary N) is 1. The Morgan fingerprint density at radius 2 is 1.47 bits per heavy atom. The van der Waals surface area contributed by atoms with E-state index in [1.165, 1.54) is 23.4 Å². The standard InChI is InChI=1S/C14H15F3N4O2S.C9H10F3NO/c1-9-5-4-6-10(23-7-14(15,16)17)11(9)24-12-18-8-21(19-12)13(22)20(2)3;1-6-3-2-4-7(8(6)13)14-5-9(10,11)12/h4-6,8H,7H2,1-3H3;2-4H,5,13H2,1H3. The average molecular weight is 566 g/mol. The van der Waals surface area contributed by atoms with Gasteiger partial charge in [-0.3, -0.25) is 0 Å². The Bertz CT molecular complexity index is 1230. The molecule has 2 aromatic carbocycles. The van der Waals surface area contributed by atoms with E-state index in [2.05, 4.69) is 14.8 Å². The summed E-state index contributed by atoms with van der Waals surface area (Å²) in [6.45, 7) is 0.742. The lowest BCUT2D eigenvalue weighted by molar-refractivity contribution is -0.154. The summed E-state index contributed by atoms with van der Waals surface area (Å²) in [7, 11) is 3.14. The number of aromatic nitrogens is 3. The molecule has 2 N–H and O–H groups in total. The number of halogens is 6. The highest BCUT2D eigenvalue weighted by Crippen LogP contribution is 2.36. The van der Waals surface area contributed by atoms with E-state index in [0.29, 0.717) is 10.5 Å². The van der Waals surface area contributed by atoms with Crippen molar-refractivity contribution in [2.24, 2.45) is 0 Å². The van der Waals surface area contributed by atoms with E-state index in [9.17, 15) is 31.1 Å². The Hall–Kier alpha value is -3.62. The number of aryl methyl sites for hydroxylation is 2. The van der Waals surface area contributed by atoms with E-state index < -0.39 is 25.6 Å². The van der Waals surface area contributed by atoms with E-state index in [4.69, 9.17) is 10.5 Å². The van der Waals surface area contributed by atoms with Crippen molar-refractivity contribution in [2.75, 3.05) is 33.0 Å². The van der Waals surface area contributed by atoms with Crippen LogP contribution in [0.15, 0.2) is 52.8 Å². The van der Waals surface area contributed by atoms with Gasteiger partial charge in [0.2, 0.25) is 5.16 Å². The van der Waals surface area contributed by atoms with Crippen molar-refractivity contribution in [2.45, 2.75) is 36.3 Å². The quantitative estimate of drug-likeness (QED) is 0.301. The van der Waals surface area contributed by atoms with Crippen LogP contribution < -0.4 is 15.2 Å². The molecule has 3 rings (SSSR count). The first kappa shape index (κ1) is 30.6. The molecule has 38 heavy (non-hydrogen) atoms. The van der Waals surface area contributed by atoms with Crippen LogP contribution in [0.2, 0.25) is 0 Å². The molecule has 0 spiro atoms. The minimum Gasteiger partial charge on any atom is -0.483 e. The second-order valence-corrected chi connectivity index (χ2v) is 8.92. The number of anilines is 1. The number of amides is 1. The predicted molar refractivity (Wildman–Crippen MR) is 128 cm³/mol. The summed E-state index contributed by atoms with van der Waals surface area (Å²) >= 11 is 1.04. The Labute approximate surface area is 218 Å². The van der Waals surface area contributed by atoms with Gasteiger partial charge in [0.25, 0.3) is 0 Å². The van der Waals surface area contributed by atoms with E-state index in [0.717, 1.165) is 22.0 Å². The van der Waals surface area contributed by atoms with Gasteiger partial charge in [0.05, 0.1) is 10.6 Å². The number of hydrogen-bond acceptors (Lipinski definition) is 7. The first-order chi connectivity index (χ1) is 17.6. The number of rotatable bonds is 6. The van der Waals surface area contributed by atoms with Crippen LogP contribution in [0.3, 0.4) is 0 Å². The van der Waals surface area contributed by atoms with Crippen LogP contribution in [0.25, 0.3) is 0 Å². The van der Waals surface area contributed by atoms with Gasteiger partial charge >= 0.3 is 18.4 Å². The predicted octanol–water partition coefficient (Wildman–Crippen LogP) is 5.73. The maximum atomic E-state index is 12.4. The summed E-state index contributed by atoms with van der Waals surface area (Å²) in [4.78, 5) is 17.6. The fourth-order valence-corrected chi connectivity index (χ4v) is 3.52. The number of carbonyl (C=O) groups is 1. The number of alkyl halides is 6. The molecule has 0 unspecified atom stereocenters. The minimum atomic E-state index is -4.43. The number of ether oxygens (including phenoxy) is 2. The number of benzene rings is 2. The molecule has 1 amide bonds. The molecule has 0 aliphatic rings. The average Bonchev–Trinajstić information content (AvgIpc) is 3.28. The fourth-order valence-electron chi connectivity index (χ4n) is 2.65. The van der Waals surface area contributed by atoms with Crippen molar-refractivity contribution in [1.29, 1.82) is 0 Å². The lowest BCUT2D eigenvalue weighted by atomic mass is 10.2. The van der Waals surface area contributed by atoms with Gasteiger partial charge in [-0.25, -0.2) is 9.78 Å². The van der Waals surface area contributed by atoms with Crippen LogP contribution in [0, 0.1) is 13.8 Å². The van der Waals surface area contributed by atoms with E-state index in [1.54, 1.807) is 52.2 Å². The van der Waals surface area contributed by atoms with Crippen LogP contribution in [-0.2, 0) is 0 Å². The number of carbonyl (C=O) groups excluding carboxylic acids is 1. The van der Waals surface area contributed by atoms with Gasteiger partial charge in [-0.15, -0.1) is 5.10 Å². The molecular formula is C23H25F6N5O3S. The Morgan fingerprint density at radius 1 is 0.947 bits per heavy atom. The molecular weight excluding hydrogens is 540 g/mol. The van der Waals surface area contributed by atoms with Gasteiger partial charge in [0, 0.05) is 14.1 Å². The number of hydrogen-bond donors (Lipinski definition) is 1. The molecule has 0 radical (unpaired) electrons. The maximum absolute atomic E-state index is 12.4. The minimum absolute atomic E-state index is 0.0716. The largest absolute Gasteiger partial charge is 0.483 e. The third-order valence-electron chi connectivity index (χ3n) is 4.49. The second-order valence-electron chi connectivity index (χ2n) is 7.95. The summed E-state index contributed by atoms with van der Waals surface area (Å²) in [6.07, 6.45) is -7.51. The third-order valence-corrected chi connectivity index (χ3v) is 5.58. The van der Waals surface area contributed by atoms with Gasteiger partial charge in [0.1, 0.15) is 17.8 Å². The van der Waals surface area contributed by atoms with Crippen molar-refractivity contribution in [3.05, 3.63) is 53.9 Å². The van der Waals surface area contributed by atoms with Crippen molar-refractivity contribution < 1.29 is 40.6 Å². The Morgan fingerprint density at radius 3 is 2.03 bits per heavy atom. The smallest absolute Gasteiger partial charge is 0.422 e. The first-order valence-electron chi connectivity index (χ1n) is 10.7. The van der Waals surface area contributed by atoms with Crippen molar-refractivity contribution in [1.82, 2.24) is 19.7 Å². The lowest BCUT2D eigenvalue weighted by Gasteiger charge is -2.13. The molecule has 0 aliphatic heterocycles. The van der Waals surface area contributed by atoms with Crippen molar-refractivity contribution in [3.8, 4) is 11.5 Å². The van der Waals surface area contributed by atoms with E-state index in [1.807, 2.05) is 0 Å². The molecule has 0 atom stereocenters. The topological polar surface area (TPSA) is 95.5 Å². The van der Waals surface area contributed by atoms with Crippen molar-refractivity contribution in [3.63, 3.8) is 0 Å². The van der Waals surface area contributed by atoms with E-state index >= 15 is 0 Å². The molecule has 8 nitrogen and oxygen atoms in total. The zero-order valence-corrected chi connectivity index (χ0v) is 21.5. The molecule has 208 valence electrons. The SMILES string of the molecule is Cc1cccc(OCC(F)(F)F)c1N.Cc1cccc(OCC(F)(F)F)c1Sc1ncn(C(=O)N(C)C)n1. The van der Waals surface area contributed by atoms with Gasteiger partial charge in [-0.1, -0.05) is 24.3 Å². The van der Waals surface area contributed by atoms with Crippen molar-refractivity contribution >= 4 is 23.5 Å². The molecule has 0 bridgehead atoms. The zero-order valence-electron chi connectivity index (χ0n) is 20.7. The molecule has 0 aliphatic carbocycles. The highest BCUT2D eigenvalue weighted by molar-refractivity contribution is 7.99. The van der Waals surface area contributed by atoms with Gasteiger partial charge < -0.3 is 20.1 Å². The third kappa shape index (κ3) is 9.68. The van der Waals surface area contributed by atoms with Crippen LogP contribution in [0.1, 0.15) is 11.1 Å². The number of para-hydroxylation sites is 1. The molecule has 0 saturated heterocycles. The number of nitrogens with zero attached hydrogens (tertiary/aromatic N) is 4. The van der Waals surface area contributed by atoms with Crippen LogP contribution in [0.4, 0.5) is 36.8 Å². The summed E-state index contributed by atoms with van der Waals surface area (Å²) in [5.41, 5.74) is 7.18. The molecule has 3 aromatic rings. The normalized spacial score (nSPS) is 11.4. The fraction of sp³-hybridized carbons (Fsp3) is 0.348. The van der Waals surface area contributed by atoms with Gasteiger partial charge in [0.15, 0.2) is 13.2 Å².